The summed E-state index contributed by atoms with van der Waals surface area (Å²) in [6.07, 6.45) is 1.73. The smallest absolute Gasteiger partial charge is 0.243 e. The van der Waals surface area contributed by atoms with Gasteiger partial charge in [-0.3, -0.25) is 0 Å². The number of benzene rings is 1. The summed E-state index contributed by atoms with van der Waals surface area (Å²) in [7, 11) is -3.43. The van der Waals surface area contributed by atoms with E-state index in [1.807, 2.05) is 13.8 Å². The maximum Gasteiger partial charge on any atom is 0.243 e. The van der Waals surface area contributed by atoms with E-state index in [-0.39, 0.29) is 5.41 Å². The maximum absolute atomic E-state index is 12.6. The molecule has 21 heavy (non-hydrogen) atoms. The summed E-state index contributed by atoms with van der Waals surface area (Å²) >= 11 is 0. The zero-order valence-corrected chi connectivity index (χ0v) is 13.5. The van der Waals surface area contributed by atoms with Gasteiger partial charge in [-0.2, -0.15) is 4.31 Å². The second-order valence-electron chi connectivity index (χ2n) is 5.92. The molecule has 1 saturated heterocycles. The van der Waals surface area contributed by atoms with E-state index in [0.29, 0.717) is 36.9 Å². The van der Waals surface area contributed by atoms with Crippen LogP contribution < -0.4 is 10.5 Å². The molecule has 1 atom stereocenters. The molecule has 118 valence electrons. The summed E-state index contributed by atoms with van der Waals surface area (Å²) in [5.41, 5.74) is 5.63. The van der Waals surface area contributed by atoms with Crippen LogP contribution in [0.3, 0.4) is 0 Å². The van der Waals surface area contributed by atoms with Gasteiger partial charge in [0.25, 0.3) is 0 Å². The Balaban J connectivity index is 2.13. The molecule has 0 amide bonds. The van der Waals surface area contributed by atoms with Crippen molar-refractivity contribution in [2.75, 3.05) is 26.2 Å². The number of nitrogens with zero attached hydrogens (tertiary/aromatic N) is 1. The van der Waals surface area contributed by atoms with Gasteiger partial charge in [0.1, 0.15) is 5.75 Å². The minimum atomic E-state index is -3.43. The first kappa shape index (κ1) is 16.3. The lowest BCUT2D eigenvalue weighted by atomic mass is 9.90. The number of hydrogen-bond acceptors (Lipinski definition) is 4. The molecule has 0 radical (unpaired) electrons. The summed E-state index contributed by atoms with van der Waals surface area (Å²) in [6.45, 7) is 6.21. The van der Waals surface area contributed by atoms with Crippen LogP contribution in [0.1, 0.15) is 26.7 Å². The zero-order valence-electron chi connectivity index (χ0n) is 12.7. The fourth-order valence-electron chi connectivity index (χ4n) is 2.43. The van der Waals surface area contributed by atoms with Gasteiger partial charge in [0.15, 0.2) is 0 Å². The molecule has 1 heterocycles. The van der Waals surface area contributed by atoms with Crippen molar-refractivity contribution in [3.63, 3.8) is 0 Å². The van der Waals surface area contributed by atoms with Gasteiger partial charge in [-0.25, -0.2) is 8.42 Å². The molecule has 1 aliphatic heterocycles. The van der Waals surface area contributed by atoms with Crippen molar-refractivity contribution in [2.24, 2.45) is 11.1 Å². The first-order valence-corrected chi connectivity index (χ1v) is 8.78. The highest BCUT2D eigenvalue weighted by Gasteiger charge is 2.38. The number of rotatable bonds is 6. The van der Waals surface area contributed by atoms with E-state index in [9.17, 15) is 8.42 Å². The molecule has 1 aromatic rings. The predicted octanol–water partition coefficient (Wildman–Crippen LogP) is 1.83. The third kappa shape index (κ3) is 3.56. The topological polar surface area (TPSA) is 72.6 Å². The second-order valence-corrected chi connectivity index (χ2v) is 7.86. The van der Waals surface area contributed by atoms with Crippen LogP contribution in [-0.2, 0) is 10.0 Å². The average molecular weight is 312 g/mol. The Kier molecular flexibility index (Phi) is 4.91. The van der Waals surface area contributed by atoms with Gasteiger partial charge in [0, 0.05) is 13.1 Å². The van der Waals surface area contributed by atoms with E-state index in [0.717, 1.165) is 12.8 Å². The highest BCUT2D eigenvalue weighted by molar-refractivity contribution is 7.89. The van der Waals surface area contributed by atoms with Crippen LogP contribution in [0, 0.1) is 5.41 Å². The Hall–Kier alpha value is -1.11. The quantitative estimate of drug-likeness (QED) is 0.870. The van der Waals surface area contributed by atoms with Crippen molar-refractivity contribution in [2.45, 2.75) is 31.6 Å². The van der Waals surface area contributed by atoms with E-state index in [1.165, 1.54) is 4.31 Å². The molecular formula is C15H24N2O3S. The van der Waals surface area contributed by atoms with E-state index in [1.54, 1.807) is 24.3 Å². The van der Waals surface area contributed by atoms with Crippen molar-refractivity contribution in [1.82, 2.24) is 4.31 Å². The van der Waals surface area contributed by atoms with Gasteiger partial charge in [-0.1, -0.05) is 13.8 Å². The fourth-order valence-corrected chi connectivity index (χ4v) is 4.02. The molecule has 1 unspecified atom stereocenters. The second kappa shape index (κ2) is 6.34. The van der Waals surface area contributed by atoms with Crippen molar-refractivity contribution < 1.29 is 13.2 Å². The SMILES string of the molecule is CCCOc1ccc(S(=O)(=O)N2CCC(C)(CN)C2)cc1. The molecule has 0 aromatic heterocycles. The summed E-state index contributed by atoms with van der Waals surface area (Å²) in [4.78, 5) is 0.313. The first-order chi connectivity index (χ1) is 9.91. The van der Waals surface area contributed by atoms with Crippen molar-refractivity contribution in [3.8, 4) is 5.75 Å². The number of sulfonamides is 1. The van der Waals surface area contributed by atoms with Crippen LogP contribution in [0.25, 0.3) is 0 Å². The van der Waals surface area contributed by atoms with Crippen molar-refractivity contribution in [3.05, 3.63) is 24.3 Å². The van der Waals surface area contributed by atoms with Gasteiger partial charge < -0.3 is 10.5 Å². The molecule has 0 bridgehead atoms. The molecule has 1 aromatic carbocycles. The average Bonchev–Trinajstić information content (AvgIpc) is 2.89. The molecular weight excluding hydrogens is 288 g/mol. The van der Waals surface area contributed by atoms with E-state index >= 15 is 0 Å². The van der Waals surface area contributed by atoms with Gasteiger partial charge in [-0.15, -0.1) is 0 Å². The molecule has 5 nitrogen and oxygen atoms in total. The molecule has 0 saturated carbocycles. The summed E-state index contributed by atoms with van der Waals surface area (Å²) in [6, 6.07) is 6.64. The number of nitrogens with two attached hydrogens (primary N) is 1. The Bertz CT molecular complexity index is 571. The molecule has 2 rings (SSSR count). The Morgan fingerprint density at radius 2 is 2.00 bits per heavy atom. The minimum absolute atomic E-state index is 0.114. The van der Waals surface area contributed by atoms with E-state index in [4.69, 9.17) is 10.5 Å². The molecule has 0 aliphatic carbocycles. The number of ether oxygens (including phenoxy) is 1. The largest absolute Gasteiger partial charge is 0.494 e. The first-order valence-electron chi connectivity index (χ1n) is 7.34. The predicted molar refractivity (Wildman–Crippen MR) is 82.8 cm³/mol. The van der Waals surface area contributed by atoms with Gasteiger partial charge in [0.05, 0.1) is 11.5 Å². The zero-order chi connectivity index (χ0) is 15.5. The van der Waals surface area contributed by atoms with Gasteiger partial charge in [0.2, 0.25) is 10.0 Å². The highest BCUT2D eigenvalue weighted by atomic mass is 32.2. The Morgan fingerprint density at radius 1 is 1.33 bits per heavy atom. The van der Waals surface area contributed by atoms with E-state index < -0.39 is 10.0 Å². The molecule has 2 N–H and O–H groups in total. The molecule has 0 spiro atoms. The molecule has 6 heteroatoms. The highest BCUT2D eigenvalue weighted by Crippen LogP contribution is 2.32. The van der Waals surface area contributed by atoms with Crippen LogP contribution in [0.4, 0.5) is 0 Å². The summed E-state index contributed by atoms with van der Waals surface area (Å²) in [5, 5.41) is 0. The normalized spacial score (nSPS) is 23.4. The monoisotopic (exact) mass is 312 g/mol. The fraction of sp³-hybridized carbons (Fsp3) is 0.600. The van der Waals surface area contributed by atoms with Crippen LogP contribution in [0.15, 0.2) is 29.2 Å². The molecule has 1 aliphatic rings. The van der Waals surface area contributed by atoms with Crippen LogP contribution in [-0.4, -0.2) is 39.0 Å². The Labute approximate surface area is 127 Å². The van der Waals surface area contributed by atoms with Crippen LogP contribution in [0.5, 0.6) is 5.75 Å². The number of hydrogen-bond donors (Lipinski definition) is 1. The van der Waals surface area contributed by atoms with Crippen LogP contribution >= 0.6 is 0 Å². The Morgan fingerprint density at radius 3 is 2.52 bits per heavy atom. The standard InChI is InChI=1S/C15H24N2O3S/c1-3-10-20-13-4-6-14(7-5-13)21(18,19)17-9-8-15(2,11-16)12-17/h4-7H,3,8-12,16H2,1-2H3. The minimum Gasteiger partial charge on any atom is -0.494 e. The van der Waals surface area contributed by atoms with E-state index in [2.05, 4.69) is 0 Å². The lowest BCUT2D eigenvalue weighted by Crippen LogP contribution is -2.34. The lowest BCUT2D eigenvalue weighted by molar-refractivity contribution is 0.317. The molecule has 1 fully saturated rings. The van der Waals surface area contributed by atoms with Crippen molar-refractivity contribution >= 4 is 10.0 Å². The summed E-state index contributed by atoms with van der Waals surface area (Å²) in [5.74, 6) is 0.698. The lowest BCUT2D eigenvalue weighted by Gasteiger charge is -2.22. The van der Waals surface area contributed by atoms with Gasteiger partial charge in [-0.05, 0) is 49.1 Å². The van der Waals surface area contributed by atoms with Crippen LogP contribution in [0.2, 0.25) is 0 Å². The van der Waals surface area contributed by atoms with Crippen molar-refractivity contribution in [1.29, 1.82) is 0 Å². The third-order valence-corrected chi connectivity index (χ3v) is 5.81. The van der Waals surface area contributed by atoms with Gasteiger partial charge >= 0.3 is 0 Å². The summed E-state index contributed by atoms with van der Waals surface area (Å²) < 4.78 is 32.2. The maximum atomic E-state index is 12.6. The third-order valence-electron chi connectivity index (χ3n) is 3.95.